The first-order chi connectivity index (χ1) is 13.1. The number of hydrogen-bond acceptors (Lipinski definition) is 6. The van der Waals surface area contributed by atoms with Gasteiger partial charge in [0.2, 0.25) is 0 Å². The minimum Gasteiger partial charge on any atom is -0.462 e. The van der Waals surface area contributed by atoms with Crippen molar-refractivity contribution in [3.8, 4) is 11.3 Å². The third-order valence-corrected chi connectivity index (χ3v) is 5.40. The van der Waals surface area contributed by atoms with Gasteiger partial charge >= 0.3 is 5.97 Å². The molecular weight excluding hydrogens is 380 g/mol. The summed E-state index contributed by atoms with van der Waals surface area (Å²) in [5.74, 6) is -0.718. The third kappa shape index (κ3) is 4.56. The number of amides is 1. The molecule has 0 aliphatic rings. The van der Waals surface area contributed by atoms with Crippen LogP contribution in [0.5, 0.6) is 0 Å². The molecule has 7 heteroatoms. The van der Waals surface area contributed by atoms with E-state index in [4.69, 9.17) is 4.74 Å². The van der Waals surface area contributed by atoms with Gasteiger partial charge in [0.05, 0.1) is 12.3 Å². The summed E-state index contributed by atoms with van der Waals surface area (Å²) in [5, 5.41) is 3.13. The smallest absolute Gasteiger partial charge is 0.350 e. The van der Waals surface area contributed by atoms with Crippen LogP contribution in [0.2, 0.25) is 0 Å². The first kappa shape index (κ1) is 19.1. The summed E-state index contributed by atoms with van der Waals surface area (Å²) in [6.45, 7) is 2.02. The average Bonchev–Trinajstić information content (AvgIpc) is 3.13. The van der Waals surface area contributed by atoms with Crippen LogP contribution in [0, 0.1) is 0 Å². The van der Waals surface area contributed by atoms with Gasteiger partial charge in [-0.1, -0.05) is 41.7 Å². The largest absolute Gasteiger partial charge is 0.462 e. The Bertz CT molecular complexity index is 938. The third-order valence-electron chi connectivity index (χ3n) is 3.71. The molecule has 0 spiro atoms. The maximum absolute atomic E-state index is 12.5. The Labute approximate surface area is 165 Å². The number of anilines is 1. The summed E-state index contributed by atoms with van der Waals surface area (Å²) in [6, 6.07) is 16.7. The number of carbonyl (C=O) groups excluding carboxylic acids is 2. The predicted octanol–water partition coefficient (Wildman–Crippen LogP) is 4.96. The second kappa shape index (κ2) is 8.83. The maximum Gasteiger partial charge on any atom is 0.350 e. The van der Waals surface area contributed by atoms with Gasteiger partial charge in [-0.2, -0.15) is 0 Å². The van der Waals surface area contributed by atoms with Crippen molar-refractivity contribution < 1.29 is 14.3 Å². The quantitative estimate of drug-likeness (QED) is 0.469. The van der Waals surface area contributed by atoms with Gasteiger partial charge in [0.15, 0.2) is 5.13 Å². The molecule has 0 radical (unpaired) electrons. The lowest BCUT2D eigenvalue weighted by molar-refractivity contribution is 0.0532. The normalized spacial score (nSPS) is 10.4. The standard InChI is InChI=1S/C20H18N2O3S2/c1-3-25-19(24)17-16(13-7-5-4-6-8-13)21-20(27-17)22-18(23)14-9-11-15(26-2)12-10-14/h4-12H,3H2,1-2H3,(H,21,22,23). The van der Waals surface area contributed by atoms with Crippen molar-refractivity contribution in [1.82, 2.24) is 4.98 Å². The molecule has 0 aliphatic heterocycles. The number of benzene rings is 2. The van der Waals surface area contributed by atoms with Gasteiger partial charge in [-0.15, -0.1) is 11.8 Å². The van der Waals surface area contributed by atoms with Crippen molar-refractivity contribution >= 4 is 40.1 Å². The van der Waals surface area contributed by atoms with Crippen molar-refractivity contribution in [2.24, 2.45) is 0 Å². The van der Waals surface area contributed by atoms with E-state index in [0.29, 0.717) is 21.3 Å². The van der Waals surface area contributed by atoms with Crippen LogP contribution in [0.1, 0.15) is 27.0 Å². The zero-order valence-electron chi connectivity index (χ0n) is 14.9. The number of aromatic nitrogens is 1. The van der Waals surface area contributed by atoms with E-state index in [2.05, 4.69) is 10.3 Å². The molecule has 2 aromatic carbocycles. The van der Waals surface area contributed by atoms with Crippen LogP contribution in [0.4, 0.5) is 5.13 Å². The molecular formula is C20H18N2O3S2. The van der Waals surface area contributed by atoms with Crippen molar-refractivity contribution in [2.75, 3.05) is 18.2 Å². The van der Waals surface area contributed by atoms with E-state index >= 15 is 0 Å². The van der Waals surface area contributed by atoms with Crippen LogP contribution in [0.25, 0.3) is 11.3 Å². The van der Waals surface area contributed by atoms with Gasteiger partial charge in [-0.05, 0) is 37.4 Å². The van der Waals surface area contributed by atoms with E-state index in [9.17, 15) is 9.59 Å². The summed E-state index contributed by atoms with van der Waals surface area (Å²) in [6.07, 6.45) is 1.98. The number of ether oxygens (including phenoxy) is 1. The van der Waals surface area contributed by atoms with E-state index in [-0.39, 0.29) is 12.5 Å². The fourth-order valence-electron chi connectivity index (χ4n) is 2.41. The highest BCUT2D eigenvalue weighted by Gasteiger charge is 2.21. The zero-order valence-corrected chi connectivity index (χ0v) is 16.5. The van der Waals surface area contributed by atoms with Gasteiger partial charge in [-0.25, -0.2) is 9.78 Å². The van der Waals surface area contributed by atoms with Gasteiger partial charge in [-0.3, -0.25) is 10.1 Å². The SMILES string of the molecule is CCOC(=O)c1sc(NC(=O)c2ccc(SC)cc2)nc1-c1ccccc1. The van der Waals surface area contributed by atoms with Crippen LogP contribution < -0.4 is 5.32 Å². The molecule has 0 saturated heterocycles. The second-order valence-electron chi connectivity index (χ2n) is 5.47. The Kier molecular flexibility index (Phi) is 6.26. The molecule has 1 N–H and O–H groups in total. The van der Waals surface area contributed by atoms with E-state index in [1.165, 1.54) is 0 Å². The summed E-state index contributed by atoms with van der Waals surface area (Å²) in [5.41, 5.74) is 1.83. The Hall–Kier alpha value is -2.64. The van der Waals surface area contributed by atoms with Crippen molar-refractivity contribution in [2.45, 2.75) is 11.8 Å². The molecule has 3 aromatic rings. The van der Waals surface area contributed by atoms with E-state index in [1.807, 2.05) is 48.7 Å². The molecule has 0 bridgehead atoms. The lowest BCUT2D eigenvalue weighted by atomic mass is 10.1. The number of hydrogen-bond donors (Lipinski definition) is 1. The van der Waals surface area contributed by atoms with Crippen molar-refractivity contribution in [3.05, 3.63) is 65.0 Å². The fraction of sp³-hybridized carbons (Fsp3) is 0.150. The maximum atomic E-state index is 12.5. The molecule has 5 nitrogen and oxygen atoms in total. The Morgan fingerprint density at radius 1 is 1.11 bits per heavy atom. The number of rotatable bonds is 6. The Morgan fingerprint density at radius 2 is 1.81 bits per heavy atom. The molecule has 27 heavy (non-hydrogen) atoms. The first-order valence-electron chi connectivity index (χ1n) is 8.31. The minimum absolute atomic E-state index is 0.272. The average molecular weight is 399 g/mol. The molecule has 0 unspecified atom stereocenters. The number of carbonyl (C=O) groups is 2. The molecule has 0 aliphatic carbocycles. The molecule has 0 fully saturated rings. The monoisotopic (exact) mass is 398 g/mol. The van der Waals surface area contributed by atoms with Crippen LogP contribution in [0.15, 0.2) is 59.5 Å². The van der Waals surface area contributed by atoms with Gasteiger partial charge < -0.3 is 4.74 Å². The number of thioether (sulfide) groups is 1. The minimum atomic E-state index is -0.446. The molecule has 0 atom stereocenters. The van der Waals surface area contributed by atoms with E-state index in [1.54, 1.807) is 30.8 Å². The Balaban J connectivity index is 1.89. The number of esters is 1. The molecule has 138 valence electrons. The van der Waals surface area contributed by atoms with Gasteiger partial charge in [0.1, 0.15) is 4.88 Å². The number of thiazole rings is 1. The topological polar surface area (TPSA) is 68.3 Å². The highest BCUT2D eigenvalue weighted by atomic mass is 32.2. The van der Waals surface area contributed by atoms with Crippen molar-refractivity contribution in [3.63, 3.8) is 0 Å². The molecule has 1 heterocycles. The molecule has 0 saturated carbocycles. The van der Waals surface area contributed by atoms with Crippen LogP contribution in [-0.2, 0) is 4.74 Å². The molecule has 1 amide bonds. The van der Waals surface area contributed by atoms with Gasteiger partial charge in [0, 0.05) is 16.0 Å². The number of nitrogens with one attached hydrogen (secondary N) is 1. The highest BCUT2D eigenvalue weighted by Crippen LogP contribution is 2.32. The summed E-state index contributed by atoms with van der Waals surface area (Å²) >= 11 is 2.72. The Morgan fingerprint density at radius 3 is 2.44 bits per heavy atom. The molecule has 3 rings (SSSR count). The summed E-state index contributed by atoms with van der Waals surface area (Å²) in [4.78, 5) is 30.7. The zero-order chi connectivity index (χ0) is 19.2. The lowest BCUT2D eigenvalue weighted by Gasteiger charge is -2.02. The van der Waals surface area contributed by atoms with Crippen LogP contribution >= 0.6 is 23.1 Å². The predicted molar refractivity (Wildman–Crippen MR) is 110 cm³/mol. The van der Waals surface area contributed by atoms with Crippen molar-refractivity contribution in [1.29, 1.82) is 0 Å². The van der Waals surface area contributed by atoms with E-state index < -0.39 is 5.97 Å². The van der Waals surface area contributed by atoms with Crippen LogP contribution in [-0.4, -0.2) is 29.7 Å². The second-order valence-corrected chi connectivity index (χ2v) is 7.34. The highest BCUT2D eigenvalue weighted by molar-refractivity contribution is 7.98. The fourth-order valence-corrected chi connectivity index (χ4v) is 3.70. The summed E-state index contributed by atoms with van der Waals surface area (Å²) < 4.78 is 5.14. The number of nitrogens with zero attached hydrogens (tertiary/aromatic N) is 1. The van der Waals surface area contributed by atoms with Crippen LogP contribution in [0.3, 0.4) is 0 Å². The van der Waals surface area contributed by atoms with E-state index in [0.717, 1.165) is 21.8 Å². The summed E-state index contributed by atoms with van der Waals surface area (Å²) in [7, 11) is 0. The van der Waals surface area contributed by atoms with Gasteiger partial charge in [0.25, 0.3) is 5.91 Å². The lowest BCUT2D eigenvalue weighted by Crippen LogP contribution is -2.11. The first-order valence-corrected chi connectivity index (χ1v) is 10.3. The molecule has 1 aromatic heterocycles.